The first kappa shape index (κ1) is 14.4. The molecule has 2 heterocycles. The third-order valence-corrected chi connectivity index (χ3v) is 5.32. The first-order valence-corrected chi connectivity index (χ1v) is 8.33. The van der Waals surface area contributed by atoms with Crippen molar-refractivity contribution < 1.29 is 4.79 Å². The lowest BCUT2D eigenvalue weighted by molar-refractivity contribution is -0.129. The summed E-state index contributed by atoms with van der Waals surface area (Å²) < 4.78 is 0. The van der Waals surface area contributed by atoms with E-state index in [0.29, 0.717) is 5.11 Å². The molecule has 1 fully saturated rings. The molecule has 2 aliphatic rings. The van der Waals surface area contributed by atoms with E-state index in [-0.39, 0.29) is 18.0 Å². The van der Waals surface area contributed by atoms with Crippen molar-refractivity contribution in [1.29, 1.82) is 0 Å². The van der Waals surface area contributed by atoms with Crippen LogP contribution in [0.5, 0.6) is 0 Å². The lowest BCUT2D eigenvalue weighted by Gasteiger charge is -2.30. The molecule has 0 saturated carbocycles. The van der Waals surface area contributed by atoms with Crippen LogP contribution in [0.2, 0.25) is 0 Å². The molecular weight excluding hydrogens is 304 g/mol. The molecule has 0 unspecified atom stereocenters. The van der Waals surface area contributed by atoms with Crippen molar-refractivity contribution in [3.05, 3.63) is 71.3 Å². The van der Waals surface area contributed by atoms with E-state index >= 15 is 0 Å². The number of carbonyl (C=O) groups excluding carboxylic acids is 1. The van der Waals surface area contributed by atoms with Gasteiger partial charge in [-0.25, -0.2) is 0 Å². The summed E-state index contributed by atoms with van der Waals surface area (Å²) in [6, 6.07) is 18.2. The first-order valence-electron chi connectivity index (χ1n) is 7.92. The van der Waals surface area contributed by atoms with Crippen LogP contribution >= 0.6 is 12.2 Å². The number of carbonyl (C=O) groups is 1. The minimum Gasteiger partial charge on any atom is -0.332 e. The van der Waals surface area contributed by atoms with Gasteiger partial charge in [-0.3, -0.25) is 9.69 Å². The monoisotopic (exact) mass is 322 g/mol. The Morgan fingerprint density at radius 2 is 1.70 bits per heavy atom. The summed E-state index contributed by atoms with van der Waals surface area (Å²) in [4.78, 5) is 16.8. The molecule has 23 heavy (non-hydrogen) atoms. The molecular formula is C19H18N2OS. The van der Waals surface area contributed by atoms with Crippen LogP contribution in [0.3, 0.4) is 0 Å². The number of thiocarbonyl (C=S) groups is 1. The van der Waals surface area contributed by atoms with Crippen LogP contribution in [-0.2, 0) is 17.8 Å². The second-order valence-corrected chi connectivity index (χ2v) is 6.56. The van der Waals surface area contributed by atoms with Crippen molar-refractivity contribution in [3.8, 4) is 0 Å². The van der Waals surface area contributed by atoms with Crippen LogP contribution in [0.4, 0.5) is 0 Å². The van der Waals surface area contributed by atoms with Gasteiger partial charge in [0, 0.05) is 13.0 Å². The Hall–Kier alpha value is -2.20. The highest BCUT2D eigenvalue weighted by Gasteiger charge is 2.46. The van der Waals surface area contributed by atoms with Gasteiger partial charge in [0.1, 0.15) is 6.04 Å². The molecule has 3 nitrogen and oxygen atoms in total. The Morgan fingerprint density at radius 3 is 2.43 bits per heavy atom. The van der Waals surface area contributed by atoms with Crippen LogP contribution in [0.1, 0.15) is 29.7 Å². The molecule has 2 aromatic rings. The molecule has 1 amide bonds. The molecule has 0 aliphatic carbocycles. The van der Waals surface area contributed by atoms with Crippen molar-refractivity contribution in [2.75, 3.05) is 0 Å². The number of fused-ring (bicyclic) bond motifs is 2. The van der Waals surface area contributed by atoms with E-state index in [4.69, 9.17) is 12.2 Å². The van der Waals surface area contributed by atoms with Crippen molar-refractivity contribution in [1.82, 2.24) is 9.80 Å². The molecule has 0 radical (unpaired) electrons. The summed E-state index contributed by atoms with van der Waals surface area (Å²) in [7, 11) is 0. The standard InChI is InChI=1S/C19H18N2OS/c1-13(14-7-3-2-4-8-14)21-18(22)17-11-15-9-5-6-10-16(15)12-20(17)19(21)23/h2-10,13,17H,11-12H2,1H3/t13-,17-/m0/s1. The molecule has 2 atom stereocenters. The van der Waals surface area contributed by atoms with Crippen LogP contribution in [0.15, 0.2) is 54.6 Å². The molecule has 0 bridgehead atoms. The van der Waals surface area contributed by atoms with Gasteiger partial charge in [-0.05, 0) is 35.8 Å². The van der Waals surface area contributed by atoms with E-state index in [2.05, 4.69) is 17.0 Å². The van der Waals surface area contributed by atoms with Gasteiger partial charge >= 0.3 is 0 Å². The van der Waals surface area contributed by atoms with Gasteiger partial charge in [0.25, 0.3) is 5.91 Å². The Kier molecular flexibility index (Phi) is 3.42. The van der Waals surface area contributed by atoms with Gasteiger partial charge in [0.15, 0.2) is 5.11 Å². The van der Waals surface area contributed by atoms with Crippen molar-refractivity contribution in [2.45, 2.75) is 32.0 Å². The number of hydrogen-bond donors (Lipinski definition) is 0. The van der Waals surface area contributed by atoms with Crippen LogP contribution in [-0.4, -0.2) is 26.9 Å². The van der Waals surface area contributed by atoms with Crippen molar-refractivity contribution in [3.63, 3.8) is 0 Å². The van der Waals surface area contributed by atoms with Crippen LogP contribution < -0.4 is 0 Å². The highest BCUT2D eigenvalue weighted by molar-refractivity contribution is 7.80. The van der Waals surface area contributed by atoms with Gasteiger partial charge in [-0.15, -0.1) is 0 Å². The Labute approximate surface area is 141 Å². The van der Waals surface area contributed by atoms with E-state index in [1.54, 1.807) is 4.90 Å². The van der Waals surface area contributed by atoms with Crippen LogP contribution in [0.25, 0.3) is 0 Å². The van der Waals surface area contributed by atoms with Crippen LogP contribution in [0, 0.1) is 0 Å². The molecule has 0 N–H and O–H groups in total. The maximum Gasteiger partial charge on any atom is 0.252 e. The second kappa shape index (κ2) is 5.46. The first-order chi connectivity index (χ1) is 11.2. The zero-order valence-electron chi connectivity index (χ0n) is 13.0. The zero-order chi connectivity index (χ0) is 16.0. The zero-order valence-corrected chi connectivity index (χ0v) is 13.8. The van der Waals surface area contributed by atoms with Crippen molar-refractivity contribution in [2.24, 2.45) is 0 Å². The fourth-order valence-corrected chi connectivity index (χ4v) is 4.01. The predicted octanol–water partition coefficient (Wildman–Crippen LogP) is 3.30. The molecule has 2 aliphatic heterocycles. The summed E-state index contributed by atoms with van der Waals surface area (Å²) in [6.45, 7) is 2.77. The number of nitrogens with zero attached hydrogens (tertiary/aromatic N) is 2. The van der Waals surface area contributed by atoms with E-state index in [0.717, 1.165) is 18.5 Å². The summed E-state index contributed by atoms with van der Waals surface area (Å²) >= 11 is 5.65. The Balaban J connectivity index is 1.66. The van der Waals surface area contributed by atoms with Gasteiger partial charge in [0.05, 0.1) is 6.04 Å². The highest BCUT2D eigenvalue weighted by Crippen LogP contribution is 2.34. The molecule has 0 spiro atoms. The highest BCUT2D eigenvalue weighted by atomic mass is 32.1. The second-order valence-electron chi connectivity index (χ2n) is 6.19. The molecule has 0 aromatic heterocycles. The Morgan fingerprint density at radius 1 is 1.04 bits per heavy atom. The molecule has 116 valence electrons. The predicted molar refractivity (Wildman–Crippen MR) is 93.8 cm³/mol. The minimum absolute atomic E-state index is 0.0371. The van der Waals surface area contributed by atoms with E-state index in [1.165, 1.54) is 11.1 Å². The smallest absolute Gasteiger partial charge is 0.252 e. The number of amides is 1. The molecule has 4 rings (SSSR count). The van der Waals surface area contributed by atoms with E-state index < -0.39 is 0 Å². The van der Waals surface area contributed by atoms with E-state index in [9.17, 15) is 4.79 Å². The summed E-state index contributed by atoms with van der Waals surface area (Å²) in [5.74, 6) is 0.126. The lowest BCUT2D eigenvalue weighted by Crippen LogP contribution is -2.39. The fraction of sp³-hybridized carbons (Fsp3) is 0.263. The van der Waals surface area contributed by atoms with Gasteiger partial charge in [0.2, 0.25) is 0 Å². The number of hydrogen-bond acceptors (Lipinski definition) is 2. The van der Waals surface area contributed by atoms with Gasteiger partial charge < -0.3 is 4.90 Å². The summed E-state index contributed by atoms with van der Waals surface area (Å²) in [5.41, 5.74) is 3.65. The maximum atomic E-state index is 13.0. The van der Waals surface area contributed by atoms with Gasteiger partial charge in [-0.1, -0.05) is 54.6 Å². The topological polar surface area (TPSA) is 23.6 Å². The molecule has 2 aromatic carbocycles. The van der Waals surface area contributed by atoms with Crippen molar-refractivity contribution >= 4 is 23.2 Å². The third-order valence-electron chi connectivity index (χ3n) is 4.89. The Bertz CT molecular complexity index is 731. The number of rotatable bonds is 2. The summed E-state index contributed by atoms with van der Waals surface area (Å²) in [5, 5.41) is 0.658. The van der Waals surface area contributed by atoms with Gasteiger partial charge in [-0.2, -0.15) is 0 Å². The maximum absolute atomic E-state index is 13.0. The quantitative estimate of drug-likeness (QED) is 0.793. The minimum atomic E-state index is -0.149. The largest absolute Gasteiger partial charge is 0.332 e. The molecule has 4 heteroatoms. The average molecular weight is 322 g/mol. The fourth-order valence-electron chi connectivity index (χ4n) is 3.58. The third kappa shape index (κ3) is 2.25. The lowest BCUT2D eigenvalue weighted by atomic mass is 9.95. The SMILES string of the molecule is C[C@@H](c1ccccc1)N1C(=O)[C@@H]2Cc3ccccc3CN2C1=S. The normalized spacial score (nSPS) is 21.2. The van der Waals surface area contributed by atoms with E-state index in [1.807, 2.05) is 49.4 Å². The molecule has 1 saturated heterocycles. The number of benzene rings is 2. The summed E-state index contributed by atoms with van der Waals surface area (Å²) in [6.07, 6.45) is 0.743. The average Bonchev–Trinajstić information content (AvgIpc) is 2.84.